The zero-order chi connectivity index (χ0) is 27.4. The van der Waals surface area contributed by atoms with E-state index in [1.807, 2.05) is 6.92 Å². The maximum absolute atomic E-state index is 13.6. The molecular formula is C26H24Cl2F3N3O3. The molecule has 11 heteroatoms. The molecule has 4 rings (SSSR count). The second kappa shape index (κ2) is 9.76. The molecule has 1 amide bonds. The average molecular weight is 554 g/mol. The van der Waals surface area contributed by atoms with Gasteiger partial charge in [0, 0.05) is 31.4 Å². The summed E-state index contributed by atoms with van der Waals surface area (Å²) in [6.07, 6.45) is -4.12. The summed E-state index contributed by atoms with van der Waals surface area (Å²) in [5, 5.41) is 0.233. The first kappa shape index (κ1) is 27.1. The predicted octanol–water partition coefficient (Wildman–Crippen LogP) is 6.13. The second-order valence-electron chi connectivity index (χ2n) is 9.50. The number of nitrogens with zero attached hydrogens (tertiary/aromatic N) is 3. The third-order valence-corrected chi connectivity index (χ3v) is 7.70. The van der Waals surface area contributed by atoms with E-state index >= 15 is 0 Å². The Kier molecular flexibility index (Phi) is 7.16. The third-order valence-electron chi connectivity index (χ3n) is 6.99. The van der Waals surface area contributed by atoms with Crippen molar-refractivity contribution in [3.8, 4) is 0 Å². The van der Waals surface area contributed by atoms with Crippen molar-refractivity contribution in [2.75, 3.05) is 13.1 Å². The SMILES string of the molecule is CC(=O)[C@@H]1CCN(C(=O)c2ccc(Cl)c(C(=O)c3cc4c(C)cc(C(F)(F)F)nc4n3C)c2Cl)C[C@@H]1C. The number of carbonyl (C=O) groups is 3. The summed E-state index contributed by atoms with van der Waals surface area (Å²) in [6.45, 7) is 5.68. The number of pyridine rings is 1. The molecule has 0 bridgehead atoms. The molecule has 1 fully saturated rings. The van der Waals surface area contributed by atoms with Crippen LogP contribution < -0.4 is 0 Å². The Bertz CT molecular complexity index is 1450. The summed E-state index contributed by atoms with van der Waals surface area (Å²) in [6, 6.07) is 5.20. The van der Waals surface area contributed by atoms with Crippen LogP contribution >= 0.6 is 23.2 Å². The highest BCUT2D eigenvalue weighted by Crippen LogP contribution is 2.35. The molecule has 0 unspecified atom stereocenters. The highest BCUT2D eigenvalue weighted by Gasteiger charge is 2.35. The zero-order valence-corrected chi connectivity index (χ0v) is 22.1. The number of alkyl halides is 3. The number of aromatic nitrogens is 2. The van der Waals surface area contributed by atoms with Gasteiger partial charge in [0.05, 0.1) is 26.9 Å². The van der Waals surface area contributed by atoms with Gasteiger partial charge >= 0.3 is 6.18 Å². The Hall–Kier alpha value is -2.91. The number of piperidine rings is 1. The van der Waals surface area contributed by atoms with Gasteiger partial charge in [0.25, 0.3) is 5.91 Å². The van der Waals surface area contributed by atoms with Crippen LogP contribution in [0, 0.1) is 18.8 Å². The number of hydrogen-bond donors (Lipinski definition) is 0. The lowest BCUT2D eigenvalue weighted by Gasteiger charge is -2.36. The van der Waals surface area contributed by atoms with Gasteiger partial charge in [0.15, 0.2) is 0 Å². The molecule has 0 N–H and O–H groups in total. The molecule has 1 aliphatic heterocycles. The van der Waals surface area contributed by atoms with Crippen LogP contribution in [0.4, 0.5) is 13.2 Å². The van der Waals surface area contributed by atoms with Crippen molar-refractivity contribution in [1.82, 2.24) is 14.5 Å². The minimum Gasteiger partial charge on any atom is -0.338 e. The van der Waals surface area contributed by atoms with Crippen molar-refractivity contribution >= 4 is 51.7 Å². The molecule has 0 spiro atoms. The van der Waals surface area contributed by atoms with Crippen molar-refractivity contribution in [2.24, 2.45) is 18.9 Å². The van der Waals surface area contributed by atoms with Crippen LogP contribution in [0.1, 0.15) is 57.9 Å². The van der Waals surface area contributed by atoms with Crippen LogP contribution in [0.25, 0.3) is 11.0 Å². The number of likely N-dealkylation sites (tertiary alicyclic amines) is 1. The maximum atomic E-state index is 13.6. The number of amides is 1. The molecular weight excluding hydrogens is 530 g/mol. The second-order valence-corrected chi connectivity index (χ2v) is 10.3. The van der Waals surface area contributed by atoms with E-state index in [-0.39, 0.29) is 50.1 Å². The molecule has 3 heterocycles. The Morgan fingerprint density at radius 1 is 1.14 bits per heavy atom. The van der Waals surface area contributed by atoms with Crippen LogP contribution in [0.5, 0.6) is 0 Å². The lowest BCUT2D eigenvalue weighted by atomic mass is 9.84. The summed E-state index contributed by atoms with van der Waals surface area (Å²) in [5.74, 6) is -1.12. The van der Waals surface area contributed by atoms with Crippen molar-refractivity contribution < 1.29 is 27.6 Å². The standard InChI is InChI=1S/C26H24Cl2F3N3O3/c1-12-9-20(26(29,30)31)32-24-17(12)10-19(33(24)4)23(36)21-18(27)6-5-16(22(21)28)25(37)34-8-7-15(14(3)35)13(2)11-34/h5-6,9-10,13,15H,7-8,11H2,1-4H3/t13-,15+/m0/s1. The smallest absolute Gasteiger partial charge is 0.338 e. The first-order valence-corrected chi connectivity index (χ1v) is 12.3. The lowest BCUT2D eigenvalue weighted by molar-refractivity contribution is -0.141. The van der Waals surface area contributed by atoms with Gasteiger partial charge in [-0.2, -0.15) is 13.2 Å². The van der Waals surface area contributed by atoms with Gasteiger partial charge < -0.3 is 9.47 Å². The summed E-state index contributed by atoms with van der Waals surface area (Å²) < 4.78 is 41.1. The largest absolute Gasteiger partial charge is 0.433 e. The number of hydrogen-bond acceptors (Lipinski definition) is 4. The molecule has 2 atom stereocenters. The minimum absolute atomic E-state index is 0.00104. The molecule has 0 aliphatic carbocycles. The van der Waals surface area contributed by atoms with E-state index in [0.717, 1.165) is 6.07 Å². The number of fused-ring (bicyclic) bond motifs is 1. The molecule has 6 nitrogen and oxygen atoms in total. The van der Waals surface area contributed by atoms with Gasteiger partial charge in [-0.1, -0.05) is 30.1 Å². The molecule has 37 heavy (non-hydrogen) atoms. The molecule has 3 aromatic rings. The molecule has 1 aromatic carbocycles. The molecule has 196 valence electrons. The van der Waals surface area contributed by atoms with Crippen LogP contribution in [-0.2, 0) is 18.0 Å². The molecule has 1 aliphatic rings. The van der Waals surface area contributed by atoms with E-state index in [1.165, 1.54) is 36.7 Å². The monoisotopic (exact) mass is 553 g/mol. The van der Waals surface area contributed by atoms with E-state index in [0.29, 0.717) is 30.5 Å². The van der Waals surface area contributed by atoms with Crippen molar-refractivity contribution in [2.45, 2.75) is 33.4 Å². The maximum Gasteiger partial charge on any atom is 0.433 e. The highest BCUT2D eigenvalue weighted by atomic mass is 35.5. The van der Waals surface area contributed by atoms with Crippen molar-refractivity contribution in [3.63, 3.8) is 0 Å². The molecule has 2 aromatic heterocycles. The van der Waals surface area contributed by atoms with Crippen molar-refractivity contribution in [1.29, 1.82) is 0 Å². The Labute approximate surface area is 221 Å². The first-order chi connectivity index (χ1) is 17.2. The first-order valence-electron chi connectivity index (χ1n) is 11.6. The van der Waals surface area contributed by atoms with Gasteiger partial charge in [-0.3, -0.25) is 14.4 Å². The van der Waals surface area contributed by atoms with Gasteiger partial charge in [-0.05, 0) is 56.0 Å². The number of Topliss-reactive ketones (excluding diaryl/α,β-unsaturated/α-hetero) is 1. The Morgan fingerprint density at radius 3 is 2.41 bits per heavy atom. The fraction of sp³-hybridized carbons (Fsp3) is 0.385. The molecule has 1 saturated heterocycles. The van der Waals surface area contributed by atoms with Gasteiger partial charge in [-0.25, -0.2) is 4.98 Å². The zero-order valence-electron chi connectivity index (χ0n) is 20.5. The number of aryl methyl sites for hydroxylation is 2. The van der Waals surface area contributed by atoms with Crippen LogP contribution in [0.15, 0.2) is 24.3 Å². The van der Waals surface area contributed by atoms with Crippen LogP contribution in [0.2, 0.25) is 10.0 Å². The van der Waals surface area contributed by atoms with E-state index in [9.17, 15) is 27.6 Å². The highest BCUT2D eigenvalue weighted by molar-refractivity contribution is 6.42. The molecule has 0 saturated carbocycles. The Balaban J connectivity index is 1.73. The number of carbonyl (C=O) groups excluding carboxylic acids is 3. The fourth-order valence-corrected chi connectivity index (χ4v) is 5.59. The van der Waals surface area contributed by atoms with E-state index in [4.69, 9.17) is 23.2 Å². The minimum atomic E-state index is -4.65. The number of ketones is 2. The third kappa shape index (κ3) is 4.86. The summed E-state index contributed by atoms with van der Waals surface area (Å²) >= 11 is 12.9. The topological polar surface area (TPSA) is 72.3 Å². The summed E-state index contributed by atoms with van der Waals surface area (Å²) in [4.78, 5) is 44.1. The predicted molar refractivity (Wildman–Crippen MR) is 134 cm³/mol. The quantitative estimate of drug-likeness (QED) is 0.364. The molecule has 0 radical (unpaired) electrons. The normalized spacial score (nSPS) is 18.4. The average Bonchev–Trinajstić information content (AvgIpc) is 3.15. The van der Waals surface area contributed by atoms with Gasteiger partial charge in [0.1, 0.15) is 17.1 Å². The number of rotatable bonds is 4. The van der Waals surface area contributed by atoms with E-state index < -0.39 is 23.6 Å². The fourth-order valence-electron chi connectivity index (χ4n) is 4.97. The lowest BCUT2D eigenvalue weighted by Crippen LogP contribution is -2.44. The van der Waals surface area contributed by atoms with Gasteiger partial charge in [-0.15, -0.1) is 0 Å². The number of halogens is 5. The van der Waals surface area contributed by atoms with E-state index in [2.05, 4.69) is 4.98 Å². The van der Waals surface area contributed by atoms with Crippen LogP contribution in [0.3, 0.4) is 0 Å². The summed E-state index contributed by atoms with van der Waals surface area (Å²) in [7, 11) is 1.43. The van der Waals surface area contributed by atoms with Crippen LogP contribution in [-0.4, -0.2) is 45.0 Å². The summed E-state index contributed by atoms with van der Waals surface area (Å²) in [5.41, 5.74) is -0.803. The van der Waals surface area contributed by atoms with Crippen molar-refractivity contribution in [3.05, 3.63) is 62.4 Å². The van der Waals surface area contributed by atoms with E-state index in [1.54, 1.807) is 11.8 Å². The Morgan fingerprint density at radius 2 is 1.81 bits per heavy atom. The number of benzene rings is 1. The van der Waals surface area contributed by atoms with Gasteiger partial charge in [0.2, 0.25) is 5.78 Å².